The van der Waals surface area contributed by atoms with E-state index >= 15 is 0 Å². The first-order valence-electron chi connectivity index (χ1n) is 16.3. The molecule has 0 fully saturated rings. The van der Waals surface area contributed by atoms with Crippen LogP contribution >= 0.6 is 11.8 Å². The number of anilines is 1. The predicted octanol–water partition coefficient (Wildman–Crippen LogP) is 7.38. The number of hydrogen-bond donors (Lipinski definition) is 1. The fourth-order valence-corrected chi connectivity index (χ4v) is 6.11. The first-order chi connectivity index (χ1) is 24.4. The number of nitrogens with zero attached hydrogens (tertiary/aromatic N) is 4. The molecule has 0 aliphatic heterocycles. The summed E-state index contributed by atoms with van der Waals surface area (Å²) in [6, 6.07) is 25.2. The van der Waals surface area contributed by atoms with E-state index in [1.165, 1.54) is 21.3 Å². The van der Waals surface area contributed by atoms with Crippen molar-refractivity contribution < 1.29 is 28.7 Å². The number of aromatic nitrogens is 3. The van der Waals surface area contributed by atoms with Crippen molar-refractivity contribution in [3.8, 4) is 0 Å². The van der Waals surface area contributed by atoms with Crippen molar-refractivity contribution in [1.82, 2.24) is 20.1 Å². The first kappa shape index (κ1) is 36.5. The minimum Gasteiger partial charge on any atom is -0.461 e. The Morgan fingerprint density at radius 2 is 1.63 bits per heavy atom. The van der Waals surface area contributed by atoms with Crippen molar-refractivity contribution in [2.24, 2.45) is 0 Å². The largest absolute Gasteiger partial charge is 0.461 e. The lowest BCUT2D eigenvalue weighted by atomic mass is 10.1. The zero-order valence-corrected chi connectivity index (χ0v) is 29.9. The van der Waals surface area contributed by atoms with Crippen molar-refractivity contribution in [3.05, 3.63) is 114 Å². The molecule has 0 saturated heterocycles. The highest BCUT2D eigenvalue weighted by Gasteiger charge is 2.23. The molecular formula is C39H39N5O6S. The fourth-order valence-electron chi connectivity index (χ4n) is 5.13. The molecular weight excluding hydrogens is 667 g/mol. The highest BCUT2D eigenvalue weighted by atomic mass is 32.2. The van der Waals surface area contributed by atoms with Crippen LogP contribution in [0.4, 0.5) is 10.5 Å². The van der Waals surface area contributed by atoms with Crippen LogP contribution in [0.3, 0.4) is 0 Å². The SMILES string of the molecule is CNC(=O)c1ccccc1Sc1ccc2c(/C=C/c3ccccn3)nn(C(=O)N(C)c3ccccc3COC(=O)CCC(=O)OC(C)(C)C)c2c1. The van der Waals surface area contributed by atoms with Crippen molar-refractivity contribution in [2.45, 2.75) is 55.6 Å². The van der Waals surface area contributed by atoms with Crippen LogP contribution < -0.4 is 10.2 Å². The molecule has 2 amide bonds. The minimum absolute atomic E-state index is 0.0999. The standard InChI is InChI=1S/C39H39N5O6S/c1-39(2,3)50-36(46)22-21-35(45)49-25-26-12-6-8-15-32(26)43(5)38(48)44-33-24-28(51-34-16-9-7-14-30(34)37(47)40-4)18-19-29(33)31(42-44)20-17-27-13-10-11-23-41-27/h6-20,23-24H,21-22,25H2,1-5H3,(H,40,47)/b20-17+. The van der Waals surface area contributed by atoms with Gasteiger partial charge >= 0.3 is 18.0 Å². The molecule has 5 rings (SSSR count). The van der Waals surface area contributed by atoms with Gasteiger partial charge in [-0.05, 0) is 81.5 Å². The lowest BCUT2D eigenvalue weighted by molar-refractivity contribution is -0.158. The van der Waals surface area contributed by atoms with Gasteiger partial charge in [0.1, 0.15) is 12.2 Å². The van der Waals surface area contributed by atoms with Gasteiger partial charge in [0.15, 0.2) is 0 Å². The molecule has 0 saturated carbocycles. The topological polar surface area (TPSA) is 133 Å². The molecule has 0 radical (unpaired) electrons. The second kappa shape index (κ2) is 16.3. The molecule has 2 heterocycles. The average Bonchev–Trinajstić information content (AvgIpc) is 3.49. The molecule has 0 unspecified atom stereocenters. The maximum atomic E-state index is 14.3. The van der Waals surface area contributed by atoms with Gasteiger partial charge in [0.25, 0.3) is 5.91 Å². The lowest BCUT2D eigenvalue weighted by Gasteiger charge is -2.21. The van der Waals surface area contributed by atoms with Crippen molar-refractivity contribution in [3.63, 3.8) is 0 Å². The number of rotatable bonds is 11. The van der Waals surface area contributed by atoms with E-state index in [2.05, 4.69) is 10.3 Å². The second-order valence-corrected chi connectivity index (χ2v) is 13.6. The Labute approximate surface area is 300 Å². The van der Waals surface area contributed by atoms with Gasteiger partial charge in [-0.2, -0.15) is 9.78 Å². The Balaban J connectivity index is 1.43. The number of carbonyl (C=O) groups is 4. The first-order valence-corrected chi connectivity index (χ1v) is 17.1. The Morgan fingerprint density at radius 3 is 2.37 bits per heavy atom. The van der Waals surface area contributed by atoms with Crippen LogP contribution in [0.1, 0.15) is 60.9 Å². The zero-order valence-electron chi connectivity index (χ0n) is 29.1. The van der Waals surface area contributed by atoms with Crippen molar-refractivity contribution in [2.75, 3.05) is 19.0 Å². The molecule has 0 aliphatic rings. The van der Waals surface area contributed by atoms with Gasteiger partial charge in [-0.15, -0.1) is 0 Å². The minimum atomic E-state index is -0.647. The normalized spacial score (nSPS) is 11.4. The van der Waals surface area contributed by atoms with Crippen molar-refractivity contribution in [1.29, 1.82) is 0 Å². The van der Waals surface area contributed by atoms with E-state index in [1.807, 2.05) is 66.7 Å². The number of nitrogens with one attached hydrogen (secondary N) is 1. The van der Waals surface area contributed by atoms with Crippen LogP contribution in [0.25, 0.3) is 23.1 Å². The Morgan fingerprint density at radius 1 is 0.902 bits per heavy atom. The molecule has 0 atom stereocenters. The number of pyridine rings is 1. The molecule has 0 bridgehead atoms. The monoisotopic (exact) mass is 705 g/mol. The highest BCUT2D eigenvalue weighted by molar-refractivity contribution is 7.99. The highest BCUT2D eigenvalue weighted by Crippen LogP contribution is 2.34. The molecule has 3 aromatic carbocycles. The maximum absolute atomic E-state index is 14.3. The van der Waals surface area contributed by atoms with Crippen LogP contribution in [0.5, 0.6) is 0 Å². The molecule has 262 valence electrons. The van der Waals surface area contributed by atoms with Crippen LogP contribution in [0.15, 0.2) is 101 Å². The fraction of sp³-hybridized carbons (Fsp3) is 0.231. The molecule has 1 N–H and O–H groups in total. The Bertz CT molecular complexity index is 2090. The van der Waals surface area contributed by atoms with Gasteiger partial charge in [0.2, 0.25) is 0 Å². The molecule has 11 nitrogen and oxygen atoms in total. The van der Waals surface area contributed by atoms with Gasteiger partial charge in [0, 0.05) is 41.0 Å². The third-order valence-corrected chi connectivity index (χ3v) is 8.60. The number of ether oxygens (including phenoxy) is 2. The van der Waals surface area contributed by atoms with Crippen molar-refractivity contribution >= 4 is 64.4 Å². The smallest absolute Gasteiger partial charge is 0.349 e. The zero-order chi connectivity index (χ0) is 36.5. The molecule has 12 heteroatoms. The summed E-state index contributed by atoms with van der Waals surface area (Å²) in [6.45, 7) is 5.17. The van der Waals surface area contributed by atoms with E-state index in [-0.39, 0.29) is 25.4 Å². The van der Waals surface area contributed by atoms with E-state index in [0.717, 1.165) is 20.9 Å². The van der Waals surface area contributed by atoms with E-state index in [4.69, 9.17) is 14.6 Å². The number of fused-ring (bicyclic) bond motifs is 1. The summed E-state index contributed by atoms with van der Waals surface area (Å²) in [5, 5.41) is 8.15. The Hall–Kier alpha value is -5.75. The number of para-hydroxylation sites is 1. The average molecular weight is 706 g/mol. The lowest BCUT2D eigenvalue weighted by Crippen LogP contribution is -2.32. The molecule has 0 aliphatic carbocycles. The summed E-state index contributed by atoms with van der Waals surface area (Å²) in [6.07, 6.45) is 5.11. The quantitative estimate of drug-likeness (QED) is 0.140. The summed E-state index contributed by atoms with van der Waals surface area (Å²) < 4.78 is 12.1. The summed E-state index contributed by atoms with van der Waals surface area (Å²) in [5.41, 5.74) is 2.85. The number of amides is 2. The Kier molecular flexibility index (Phi) is 11.7. The number of esters is 2. The van der Waals surface area contributed by atoms with Crippen LogP contribution in [0.2, 0.25) is 0 Å². The summed E-state index contributed by atoms with van der Waals surface area (Å²) >= 11 is 1.41. The molecule has 5 aromatic rings. The van der Waals surface area contributed by atoms with Gasteiger partial charge in [-0.1, -0.05) is 48.2 Å². The summed E-state index contributed by atoms with van der Waals surface area (Å²) in [4.78, 5) is 58.7. The van der Waals surface area contributed by atoms with Gasteiger partial charge < -0.3 is 14.8 Å². The van der Waals surface area contributed by atoms with Gasteiger partial charge in [0.05, 0.1) is 41.0 Å². The number of hydrogen-bond acceptors (Lipinski definition) is 9. The number of benzene rings is 3. The third-order valence-electron chi connectivity index (χ3n) is 7.53. The van der Waals surface area contributed by atoms with Crippen LogP contribution in [-0.4, -0.2) is 58.3 Å². The van der Waals surface area contributed by atoms with Crippen LogP contribution in [0, 0.1) is 0 Å². The summed E-state index contributed by atoms with van der Waals surface area (Å²) in [7, 11) is 3.21. The van der Waals surface area contributed by atoms with Gasteiger partial charge in [-0.3, -0.25) is 24.3 Å². The molecule has 0 spiro atoms. The van der Waals surface area contributed by atoms with Crippen LogP contribution in [-0.2, 0) is 25.7 Å². The van der Waals surface area contributed by atoms with E-state index in [9.17, 15) is 19.2 Å². The molecule has 2 aromatic heterocycles. The maximum Gasteiger partial charge on any atom is 0.349 e. The van der Waals surface area contributed by atoms with E-state index < -0.39 is 23.6 Å². The third kappa shape index (κ3) is 9.49. The van der Waals surface area contributed by atoms with E-state index in [1.54, 1.807) is 71.4 Å². The van der Waals surface area contributed by atoms with E-state index in [0.29, 0.717) is 28.0 Å². The number of carbonyl (C=O) groups excluding carboxylic acids is 4. The predicted molar refractivity (Wildman–Crippen MR) is 197 cm³/mol. The summed E-state index contributed by atoms with van der Waals surface area (Å²) in [5.74, 6) is -1.24. The molecule has 51 heavy (non-hydrogen) atoms. The van der Waals surface area contributed by atoms with Gasteiger partial charge in [-0.25, -0.2) is 4.79 Å². The second-order valence-electron chi connectivity index (χ2n) is 12.5.